The summed E-state index contributed by atoms with van der Waals surface area (Å²) < 4.78 is 5.43. The Morgan fingerprint density at radius 3 is 2.81 bits per heavy atom. The van der Waals surface area contributed by atoms with Gasteiger partial charge < -0.3 is 15.1 Å². The second kappa shape index (κ2) is 6.16. The minimum absolute atomic E-state index is 0.0842. The second-order valence-corrected chi connectivity index (χ2v) is 5.58. The molecule has 0 bridgehead atoms. The van der Waals surface area contributed by atoms with Gasteiger partial charge in [0.25, 0.3) is 0 Å². The minimum atomic E-state index is 0.0842. The Labute approximate surface area is 125 Å². The van der Waals surface area contributed by atoms with Crippen LogP contribution in [0.1, 0.15) is 56.7 Å². The molecule has 2 heterocycles. The number of nitrogens with zero attached hydrogens (tertiary/aromatic N) is 2. The van der Waals surface area contributed by atoms with Crippen LogP contribution < -0.4 is 10.6 Å². The molecule has 1 fully saturated rings. The highest BCUT2D eigenvalue weighted by Crippen LogP contribution is 2.39. The van der Waals surface area contributed by atoms with Gasteiger partial charge in [-0.3, -0.25) is 0 Å². The number of anilines is 2. The van der Waals surface area contributed by atoms with Crippen molar-refractivity contribution in [1.82, 2.24) is 9.97 Å². The van der Waals surface area contributed by atoms with Gasteiger partial charge in [0, 0.05) is 18.5 Å². The number of aromatic nitrogens is 2. The third-order valence-electron chi connectivity index (χ3n) is 3.58. The lowest BCUT2D eigenvalue weighted by molar-refractivity contribution is 0.490. The van der Waals surface area contributed by atoms with Crippen molar-refractivity contribution in [2.24, 2.45) is 0 Å². The third kappa shape index (κ3) is 3.54. The molecule has 21 heavy (non-hydrogen) atoms. The Hall–Kier alpha value is -2.04. The standard InChI is InChI=1S/C16H22N4O/c1-3-8-17-14-10-15(20-16(19-14)12-6-7-12)18-11(2)13-5-4-9-21-13/h4-5,9-12H,3,6-8H2,1-2H3,(H2,17,18,19,20). The molecule has 2 aromatic heterocycles. The number of hydrogen-bond acceptors (Lipinski definition) is 5. The smallest absolute Gasteiger partial charge is 0.136 e. The maximum absolute atomic E-state index is 5.43. The predicted molar refractivity (Wildman–Crippen MR) is 83.5 cm³/mol. The normalized spacial score (nSPS) is 15.7. The van der Waals surface area contributed by atoms with E-state index in [1.165, 1.54) is 12.8 Å². The van der Waals surface area contributed by atoms with Gasteiger partial charge in [-0.2, -0.15) is 0 Å². The Balaban J connectivity index is 1.77. The van der Waals surface area contributed by atoms with Crippen molar-refractivity contribution in [2.75, 3.05) is 17.2 Å². The van der Waals surface area contributed by atoms with Crippen molar-refractivity contribution in [3.05, 3.63) is 36.0 Å². The van der Waals surface area contributed by atoms with E-state index < -0.39 is 0 Å². The SMILES string of the molecule is CCCNc1cc(NC(C)c2ccco2)nc(C2CC2)n1. The molecule has 112 valence electrons. The molecule has 1 aliphatic carbocycles. The van der Waals surface area contributed by atoms with Crippen LogP contribution >= 0.6 is 0 Å². The second-order valence-electron chi connectivity index (χ2n) is 5.58. The first kappa shape index (κ1) is 13.9. The maximum Gasteiger partial charge on any atom is 0.136 e. The highest BCUT2D eigenvalue weighted by Gasteiger charge is 2.27. The van der Waals surface area contributed by atoms with Gasteiger partial charge in [0.05, 0.1) is 12.3 Å². The van der Waals surface area contributed by atoms with Crippen LogP contribution in [-0.2, 0) is 0 Å². The first-order valence-electron chi connectivity index (χ1n) is 7.69. The summed E-state index contributed by atoms with van der Waals surface area (Å²) in [5.74, 6) is 4.15. The molecule has 2 aromatic rings. The average Bonchev–Trinajstić information content (AvgIpc) is 3.19. The number of hydrogen-bond donors (Lipinski definition) is 2. The van der Waals surface area contributed by atoms with Gasteiger partial charge in [-0.25, -0.2) is 9.97 Å². The summed E-state index contributed by atoms with van der Waals surface area (Å²) >= 11 is 0. The van der Waals surface area contributed by atoms with E-state index in [1.807, 2.05) is 18.2 Å². The summed E-state index contributed by atoms with van der Waals surface area (Å²) in [5.41, 5.74) is 0. The van der Waals surface area contributed by atoms with Crippen LogP contribution in [-0.4, -0.2) is 16.5 Å². The first-order valence-corrected chi connectivity index (χ1v) is 7.69. The van der Waals surface area contributed by atoms with E-state index in [0.29, 0.717) is 5.92 Å². The monoisotopic (exact) mass is 286 g/mol. The zero-order valence-electron chi connectivity index (χ0n) is 12.6. The van der Waals surface area contributed by atoms with E-state index in [2.05, 4.69) is 34.4 Å². The highest BCUT2D eigenvalue weighted by atomic mass is 16.3. The van der Waals surface area contributed by atoms with E-state index in [1.54, 1.807) is 6.26 Å². The lowest BCUT2D eigenvalue weighted by atomic mass is 10.2. The number of nitrogens with one attached hydrogen (secondary N) is 2. The quantitative estimate of drug-likeness (QED) is 0.807. The van der Waals surface area contributed by atoms with Gasteiger partial charge in [0.1, 0.15) is 23.2 Å². The fourth-order valence-electron chi connectivity index (χ4n) is 2.24. The van der Waals surface area contributed by atoms with Crippen LogP contribution in [0.25, 0.3) is 0 Å². The molecule has 1 saturated carbocycles. The van der Waals surface area contributed by atoms with Crippen LogP contribution in [0.5, 0.6) is 0 Å². The van der Waals surface area contributed by atoms with Gasteiger partial charge in [0.2, 0.25) is 0 Å². The van der Waals surface area contributed by atoms with Crippen LogP contribution in [0, 0.1) is 0 Å². The third-order valence-corrected chi connectivity index (χ3v) is 3.58. The van der Waals surface area contributed by atoms with E-state index in [0.717, 1.165) is 36.2 Å². The Morgan fingerprint density at radius 2 is 2.14 bits per heavy atom. The highest BCUT2D eigenvalue weighted by molar-refractivity contribution is 5.49. The molecule has 1 unspecified atom stereocenters. The molecule has 0 spiro atoms. The fourth-order valence-corrected chi connectivity index (χ4v) is 2.24. The minimum Gasteiger partial charge on any atom is -0.467 e. The van der Waals surface area contributed by atoms with Crippen molar-refractivity contribution in [3.63, 3.8) is 0 Å². The van der Waals surface area contributed by atoms with Crippen molar-refractivity contribution in [2.45, 2.75) is 45.1 Å². The average molecular weight is 286 g/mol. The zero-order chi connectivity index (χ0) is 14.7. The van der Waals surface area contributed by atoms with Crippen molar-refractivity contribution >= 4 is 11.6 Å². The van der Waals surface area contributed by atoms with Gasteiger partial charge in [0.15, 0.2) is 0 Å². The summed E-state index contributed by atoms with van der Waals surface area (Å²) in [6.45, 7) is 5.14. The van der Waals surface area contributed by atoms with Crippen LogP contribution in [0.3, 0.4) is 0 Å². The molecule has 5 nitrogen and oxygen atoms in total. The lowest BCUT2D eigenvalue weighted by Crippen LogP contribution is -2.11. The van der Waals surface area contributed by atoms with Crippen molar-refractivity contribution in [1.29, 1.82) is 0 Å². The van der Waals surface area contributed by atoms with Crippen LogP contribution in [0.15, 0.2) is 28.9 Å². The molecule has 5 heteroatoms. The van der Waals surface area contributed by atoms with E-state index >= 15 is 0 Å². The van der Waals surface area contributed by atoms with Gasteiger partial charge >= 0.3 is 0 Å². The van der Waals surface area contributed by atoms with E-state index in [-0.39, 0.29) is 6.04 Å². The van der Waals surface area contributed by atoms with Crippen LogP contribution in [0.2, 0.25) is 0 Å². The molecule has 0 aromatic carbocycles. The zero-order valence-corrected chi connectivity index (χ0v) is 12.6. The molecular formula is C16H22N4O. The molecule has 0 saturated heterocycles. The predicted octanol–water partition coefficient (Wildman–Crippen LogP) is 3.94. The summed E-state index contributed by atoms with van der Waals surface area (Å²) in [6.07, 6.45) is 5.17. The summed E-state index contributed by atoms with van der Waals surface area (Å²) in [5, 5.41) is 6.75. The van der Waals surface area contributed by atoms with E-state index in [9.17, 15) is 0 Å². The lowest BCUT2D eigenvalue weighted by Gasteiger charge is -2.14. The topological polar surface area (TPSA) is 63.0 Å². The molecule has 0 aliphatic heterocycles. The summed E-state index contributed by atoms with van der Waals surface area (Å²) in [4.78, 5) is 9.27. The molecule has 1 atom stereocenters. The largest absolute Gasteiger partial charge is 0.467 e. The number of furan rings is 1. The Kier molecular flexibility index (Phi) is 4.08. The van der Waals surface area contributed by atoms with E-state index in [4.69, 9.17) is 4.42 Å². The summed E-state index contributed by atoms with van der Waals surface area (Å²) in [6, 6.07) is 5.93. The molecule has 0 amide bonds. The first-order chi connectivity index (χ1) is 10.3. The van der Waals surface area contributed by atoms with Crippen LogP contribution in [0.4, 0.5) is 11.6 Å². The summed E-state index contributed by atoms with van der Waals surface area (Å²) in [7, 11) is 0. The molecule has 2 N–H and O–H groups in total. The van der Waals surface area contributed by atoms with Crippen molar-refractivity contribution in [3.8, 4) is 0 Å². The molecule has 0 radical (unpaired) electrons. The van der Waals surface area contributed by atoms with Gasteiger partial charge in [-0.05, 0) is 38.3 Å². The maximum atomic E-state index is 5.43. The Bertz CT molecular complexity index is 578. The molecular weight excluding hydrogens is 264 g/mol. The molecule has 3 rings (SSSR count). The molecule has 1 aliphatic rings. The number of rotatable bonds is 7. The van der Waals surface area contributed by atoms with Gasteiger partial charge in [-0.1, -0.05) is 6.92 Å². The Morgan fingerprint density at radius 1 is 1.33 bits per heavy atom. The van der Waals surface area contributed by atoms with Crippen molar-refractivity contribution < 1.29 is 4.42 Å². The fraction of sp³-hybridized carbons (Fsp3) is 0.500. The van der Waals surface area contributed by atoms with Gasteiger partial charge in [-0.15, -0.1) is 0 Å².